The predicted octanol–water partition coefficient (Wildman–Crippen LogP) is 6.31. The lowest BCUT2D eigenvalue weighted by Crippen LogP contribution is -2.54. The van der Waals surface area contributed by atoms with E-state index in [2.05, 4.69) is 21.2 Å². The molecule has 0 atom stereocenters. The molecule has 0 saturated carbocycles. The van der Waals surface area contributed by atoms with Gasteiger partial charge in [-0.05, 0) is 60.5 Å². The van der Waals surface area contributed by atoms with Crippen molar-refractivity contribution in [3.63, 3.8) is 0 Å². The van der Waals surface area contributed by atoms with Crippen LogP contribution in [0.15, 0.2) is 70.7 Å². The third-order valence-corrected chi connectivity index (χ3v) is 6.27. The van der Waals surface area contributed by atoms with E-state index in [1.165, 1.54) is 6.08 Å². The van der Waals surface area contributed by atoms with Crippen LogP contribution >= 0.6 is 39.1 Å². The van der Waals surface area contributed by atoms with Gasteiger partial charge in [0.2, 0.25) is 0 Å². The molecule has 0 radical (unpaired) electrons. The second-order valence-corrected chi connectivity index (χ2v) is 9.19. The minimum atomic E-state index is -0.807. The number of hydrogen-bond acceptors (Lipinski definition) is 4. The number of hydrogen-bond donors (Lipinski definition) is 1. The summed E-state index contributed by atoms with van der Waals surface area (Å²) in [6, 6.07) is 16.5. The molecule has 1 aliphatic heterocycles. The van der Waals surface area contributed by atoms with E-state index < -0.39 is 17.8 Å². The average molecular weight is 560 g/mol. The van der Waals surface area contributed by atoms with Crippen molar-refractivity contribution >= 4 is 68.7 Å². The maximum absolute atomic E-state index is 13.1. The largest absolute Gasteiger partial charge is 0.487 e. The third kappa shape index (κ3) is 5.01. The molecular weight excluding hydrogens is 543 g/mol. The first kappa shape index (κ1) is 24.0. The van der Waals surface area contributed by atoms with Gasteiger partial charge >= 0.3 is 6.03 Å². The topological polar surface area (TPSA) is 75.7 Å². The highest BCUT2D eigenvalue weighted by Crippen LogP contribution is 2.30. The van der Waals surface area contributed by atoms with Crippen LogP contribution in [0.1, 0.15) is 16.7 Å². The minimum absolute atomic E-state index is 0.192. The molecule has 1 fully saturated rings. The van der Waals surface area contributed by atoms with Crippen molar-refractivity contribution in [3.05, 3.63) is 97.4 Å². The predicted molar refractivity (Wildman–Crippen MR) is 135 cm³/mol. The van der Waals surface area contributed by atoms with E-state index in [4.69, 9.17) is 27.9 Å². The van der Waals surface area contributed by atoms with Gasteiger partial charge in [-0.1, -0.05) is 63.4 Å². The van der Waals surface area contributed by atoms with Crippen LogP contribution in [0, 0.1) is 6.92 Å². The van der Waals surface area contributed by atoms with Gasteiger partial charge < -0.3 is 4.74 Å². The number of halogens is 3. The van der Waals surface area contributed by atoms with E-state index in [0.29, 0.717) is 32.6 Å². The van der Waals surface area contributed by atoms with Crippen molar-refractivity contribution < 1.29 is 19.1 Å². The molecule has 0 unspecified atom stereocenters. The summed E-state index contributed by atoms with van der Waals surface area (Å²) in [7, 11) is 0. The fraction of sp³-hybridized carbons (Fsp3) is 0.0800. The Morgan fingerprint density at radius 3 is 2.47 bits per heavy atom. The molecule has 0 aliphatic carbocycles. The van der Waals surface area contributed by atoms with Crippen molar-refractivity contribution in [1.82, 2.24) is 5.32 Å². The number of rotatable bonds is 5. The first-order valence-electron chi connectivity index (χ1n) is 10.1. The number of urea groups is 1. The van der Waals surface area contributed by atoms with Gasteiger partial charge in [0.1, 0.15) is 17.9 Å². The summed E-state index contributed by atoms with van der Waals surface area (Å²) in [5.74, 6) is -1.09. The van der Waals surface area contributed by atoms with E-state index in [1.54, 1.807) is 49.4 Å². The molecule has 1 heterocycles. The zero-order valence-corrected chi connectivity index (χ0v) is 20.9. The van der Waals surface area contributed by atoms with Crippen LogP contribution in [-0.4, -0.2) is 17.8 Å². The van der Waals surface area contributed by atoms with Crippen LogP contribution in [0.5, 0.6) is 5.75 Å². The third-order valence-electron chi connectivity index (χ3n) is 5.11. The number of carbonyl (C=O) groups excluding carboxylic acids is 3. The lowest BCUT2D eigenvalue weighted by Gasteiger charge is -2.27. The Labute approximate surface area is 214 Å². The summed E-state index contributed by atoms with van der Waals surface area (Å²) in [5.41, 5.74) is 2.18. The van der Waals surface area contributed by atoms with E-state index >= 15 is 0 Å². The Hall–Kier alpha value is -3.13. The van der Waals surface area contributed by atoms with Crippen molar-refractivity contribution in [1.29, 1.82) is 0 Å². The molecule has 0 aromatic heterocycles. The van der Waals surface area contributed by atoms with Crippen molar-refractivity contribution in [2.24, 2.45) is 0 Å². The maximum Gasteiger partial charge on any atom is 0.335 e. The Morgan fingerprint density at radius 2 is 1.76 bits per heavy atom. The molecule has 1 saturated heterocycles. The molecule has 1 N–H and O–H groups in total. The number of ether oxygens (including phenoxy) is 1. The summed E-state index contributed by atoms with van der Waals surface area (Å²) in [6.45, 7) is 1.99. The Morgan fingerprint density at radius 1 is 1.00 bits per heavy atom. The number of aryl methyl sites for hydroxylation is 1. The van der Waals surface area contributed by atoms with Gasteiger partial charge in [0, 0.05) is 15.1 Å². The van der Waals surface area contributed by atoms with Gasteiger partial charge in [-0.2, -0.15) is 0 Å². The van der Waals surface area contributed by atoms with Gasteiger partial charge in [0.15, 0.2) is 0 Å². The first-order chi connectivity index (χ1) is 16.2. The molecule has 9 heteroatoms. The van der Waals surface area contributed by atoms with Crippen molar-refractivity contribution in [3.8, 4) is 5.75 Å². The van der Waals surface area contributed by atoms with E-state index in [9.17, 15) is 14.4 Å². The summed E-state index contributed by atoms with van der Waals surface area (Å²) in [4.78, 5) is 39.0. The molecule has 0 bridgehead atoms. The number of barbiturate groups is 1. The molecule has 34 heavy (non-hydrogen) atoms. The van der Waals surface area contributed by atoms with Gasteiger partial charge in [0.05, 0.1) is 10.7 Å². The summed E-state index contributed by atoms with van der Waals surface area (Å²) in [5, 5.41) is 3.10. The fourth-order valence-corrected chi connectivity index (χ4v) is 4.32. The number of benzene rings is 3. The van der Waals surface area contributed by atoms with Gasteiger partial charge in [0.25, 0.3) is 11.8 Å². The Kier molecular flexibility index (Phi) is 7.07. The molecule has 172 valence electrons. The molecule has 4 rings (SSSR count). The number of carbonyl (C=O) groups is 3. The lowest BCUT2D eigenvalue weighted by atomic mass is 10.1. The van der Waals surface area contributed by atoms with Crippen molar-refractivity contribution in [2.75, 3.05) is 4.90 Å². The standard InChI is InChI=1S/C25H17BrCl2N2O4/c1-14-10-17(26)7-8-21(14)30-24(32)18(23(31)29-25(30)33)11-15-6-9-22(20(28)12-15)34-13-16-4-2-3-5-19(16)27/h2-12H,13H2,1H3,(H,29,31,33)/b18-11-. The minimum Gasteiger partial charge on any atom is -0.487 e. The summed E-state index contributed by atoms with van der Waals surface area (Å²) >= 11 is 15.9. The van der Waals surface area contributed by atoms with Crippen LogP contribution in [0.25, 0.3) is 6.08 Å². The maximum atomic E-state index is 13.1. The second kappa shape index (κ2) is 10.0. The zero-order valence-electron chi connectivity index (χ0n) is 17.8. The van der Waals surface area contributed by atoms with Crippen LogP contribution < -0.4 is 15.0 Å². The monoisotopic (exact) mass is 558 g/mol. The highest BCUT2D eigenvalue weighted by molar-refractivity contribution is 9.10. The van der Waals surface area contributed by atoms with Crippen molar-refractivity contribution in [2.45, 2.75) is 13.5 Å². The number of nitrogens with zero attached hydrogens (tertiary/aromatic N) is 1. The number of nitrogens with one attached hydrogen (secondary N) is 1. The quantitative estimate of drug-likeness (QED) is 0.293. The van der Waals surface area contributed by atoms with E-state index in [0.717, 1.165) is 14.9 Å². The van der Waals surface area contributed by atoms with Gasteiger partial charge in [-0.15, -0.1) is 0 Å². The normalized spacial score (nSPS) is 15.0. The Balaban J connectivity index is 1.59. The van der Waals surface area contributed by atoms with E-state index in [1.807, 2.05) is 18.2 Å². The first-order valence-corrected chi connectivity index (χ1v) is 11.6. The van der Waals surface area contributed by atoms with Gasteiger partial charge in [-0.3, -0.25) is 14.9 Å². The zero-order chi connectivity index (χ0) is 24.4. The van der Waals surface area contributed by atoms with Crippen LogP contribution in [0.4, 0.5) is 10.5 Å². The summed E-state index contributed by atoms with van der Waals surface area (Å²) < 4.78 is 6.57. The highest BCUT2D eigenvalue weighted by atomic mass is 79.9. The average Bonchev–Trinajstić information content (AvgIpc) is 2.78. The number of amides is 4. The smallest absolute Gasteiger partial charge is 0.335 e. The number of anilines is 1. The van der Waals surface area contributed by atoms with Gasteiger partial charge in [-0.25, -0.2) is 9.69 Å². The molecule has 3 aromatic carbocycles. The summed E-state index contributed by atoms with van der Waals surface area (Å²) in [6.07, 6.45) is 1.38. The lowest BCUT2D eigenvalue weighted by molar-refractivity contribution is -0.122. The van der Waals surface area contributed by atoms with Crippen LogP contribution in [0.3, 0.4) is 0 Å². The van der Waals surface area contributed by atoms with E-state index in [-0.39, 0.29) is 12.2 Å². The molecule has 6 nitrogen and oxygen atoms in total. The molecular formula is C25H17BrCl2N2O4. The molecule has 4 amide bonds. The fourth-order valence-electron chi connectivity index (χ4n) is 3.41. The molecule has 1 aliphatic rings. The molecule has 3 aromatic rings. The Bertz CT molecular complexity index is 1360. The van der Waals surface area contributed by atoms with Crippen LogP contribution in [0.2, 0.25) is 10.0 Å². The highest BCUT2D eigenvalue weighted by Gasteiger charge is 2.37. The molecule has 0 spiro atoms. The number of imide groups is 2. The second-order valence-electron chi connectivity index (χ2n) is 7.46. The van der Waals surface area contributed by atoms with Crippen LogP contribution in [-0.2, 0) is 16.2 Å². The SMILES string of the molecule is Cc1cc(Br)ccc1N1C(=O)NC(=O)/C(=C/c2ccc(OCc3ccccc3Cl)c(Cl)c2)C1=O.